The summed E-state index contributed by atoms with van der Waals surface area (Å²) in [4.78, 5) is 23.8. The average molecular weight is 423 g/mol. The summed E-state index contributed by atoms with van der Waals surface area (Å²) >= 11 is 1.37. The third-order valence-electron chi connectivity index (χ3n) is 5.29. The van der Waals surface area contributed by atoms with E-state index in [1.54, 1.807) is 22.5 Å². The monoisotopic (exact) mass is 422 g/mol. The predicted octanol–water partition coefficient (Wildman–Crippen LogP) is 1.93. The van der Waals surface area contributed by atoms with Gasteiger partial charge in [0.1, 0.15) is 5.69 Å². The maximum absolute atomic E-state index is 12.9. The highest BCUT2D eigenvalue weighted by atomic mass is 32.1. The van der Waals surface area contributed by atoms with Crippen LogP contribution in [0.15, 0.2) is 29.9 Å². The minimum atomic E-state index is -0.268. The number of hydrogen-bond donors (Lipinski definition) is 3. The first kappa shape index (κ1) is 18.8. The van der Waals surface area contributed by atoms with Gasteiger partial charge in [-0.05, 0) is 18.9 Å². The van der Waals surface area contributed by atoms with Gasteiger partial charge in [0.2, 0.25) is 5.13 Å². The number of carbonyl (C=O) groups is 1. The summed E-state index contributed by atoms with van der Waals surface area (Å²) in [6.45, 7) is 3.59. The number of nitrogens with zero attached hydrogens (tertiary/aromatic N) is 5. The number of carbonyl (C=O) groups excluding carboxylic acids is 1. The molecule has 0 radical (unpaired) electrons. The molecular formula is C20H22N8OS. The minimum absolute atomic E-state index is 0.268. The maximum Gasteiger partial charge on any atom is 0.275 e. The van der Waals surface area contributed by atoms with E-state index in [0.29, 0.717) is 22.3 Å². The number of pyridine rings is 1. The molecule has 1 aliphatic heterocycles. The Kier molecular flexibility index (Phi) is 4.93. The van der Waals surface area contributed by atoms with Crippen LogP contribution in [0, 0.1) is 0 Å². The van der Waals surface area contributed by atoms with Crippen LogP contribution in [0.1, 0.15) is 28.2 Å². The number of aromatic nitrogens is 4. The third-order valence-corrected chi connectivity index (χ3v) is 6.11. The molecular weight excluding hydrogens is 400 g/mol. The van der Waals surface area contributed by atoms with Crippen LogP contribution in [0.5, 0.6) is 0 Å². The number of rotatable bonds is 4. The van der Waals surface area contributed by atoms with Crippen molar-refractivity contribution in [3.63, 3.8) is 0 Å². The lowest BCUT2D eigenvalue weighted by Crippen LogP contribution is -2.43. The van der Waals surface area contributed by atoms with Gasteiger partial charge < -0.3 is 21.3 Å². The van der Waals surface area contributed by atoms with Gasteiger partial charge in [0, 0.05) is 43.3 Å². The molecule has 4 N–H and O–H groups in total. The number of nitrogen functional groups attached to an aromatic ring is 1. The fourth-order valence-electron chi connectivity index (χ4n) is 3.80. The molecule has 30 heavy (non-hydrogen) atoms. The van der Waals surface area contributed by atoms with Gasteiger partial charge in [-0.15, -0.1) is 16.4 Å². The van der Waals surface area contributed by atoms with Gasteiger partial charge in [-0.1, -0.05) is 12.2 Å². The van der Waals surface area contributed by atoms with Gasteiger partial charge >= 0.3 is 0 Å². The van der Waals surface area contributed by atoms with Crippen molar-refractivity contribution >= 4 is 40.5 Å². The fraction of sp³-hybridized carbons (Fsp3) is 0.300. The summed E-state index contributed by atoms with van der Waals surface area (Å²) in [6.07, 6.45) is 9.30. The third kappa shape index (κ3) is 3.44. The molecule has 0 bridgehead atoms. The first-order valence-electron chi connectivity index (χ1n) is 9.91. The Morgan fingerprint density at radius 2 is 2.17 bits per heavy atom. The van der Waals surface area contributed by atoms with Gasteiger partial charge in [-0.2, -0.15) is 0 Å². The summed E-state index contributed by atoms with van der Waals surface area (Å²) in [5, 5.41) is 13.1. The summed E-state index contributed by atoms with van der Waals surface area (Å²) in [5.41, 5.74) is 10.0. The zero-order valence-electron chi connectivity index (χ0n) is 16.3. The predicted molar refractivity (Wildman–Crippen MR) is 118 cm³/mol. The highest BCUT2D eigenvalue weighted by Crippen LogP contribution is 2.29. The molecule has 1 fully saturated rings. The highest BCUT2D eigenvalue weighted by Gasteiger charge is 2.21. The summed E-state index contributed by atoms with van der Waals surface area (Å²) in [7, 11) is 0. The van der Waals surface area contributed by atoms with E-state index in [1.807, 2.05) is 12.1 Å². The molecule has 154 valence electrons. The number of allylic oxidation sites excluding steroid dienone is 1. The molecule has 2 aliphatic rings. The lowest BCUT2D eigenvalue weighted by Gasteiger charge is -2.30. The van der Waals surface area contributed by atoms with Crippen molar-refractivity contribution in [2.24, 2.45) is 0 Å². The molecule has 0 saturated carbocycles. The molecule has 0 unspecified atom stereocenters. The molecule has 1 saturated heterocycles. The molecule has 9 nitrogen and oxygen atoms in total. The Labute approximate surface area is 177 Å². The number of piperazine rings is 1. The second-order valence-electron chi connectivity index (χ2n) is 7.20. The standard InChI is InChI=1S/C20H22N8OS/c21-18-13-3-1-2-4-16(13)28(26-18)20-25-15(12-30-20)19(29)24-14-11-23-6-5-17(14)27-9-7-22-8-10-27/h1,3,5-6,11-12,22H,2,4,7-10H2,(H2,21,26)(H,24,29). The van der Waals surface area contributed by atoms with Gasteiger partial charge in [-0.25, -0.2) is 9.67 Å². The van der Waals surface area contributed by atoms with Gasteiger partial charge in [-0.3, -0.25) is 9.78 Å². The molecule has 5 rings (SSSR count). The Morgan fingerprint density at radius 1 is 1.30 bits per heavy atom. The second-order valence-corrected chi connectivity index (χ2v) is 8.03. The topological polar surface area (TPSA) is 114 Å². The molecule has 1 aliphatic carbocycles. The lowest BCUT2D eigenvalue weighted by atomic mass is 10.0. The van der Waals surface area contributed by atoms with E-state index in [9.17, 15) is 4.79 Å². The molecule has 3 aromatic rings. The summed E-state index contributed by atoms with van der Waals surface area (Å²) in [5.74, 6) is 0.217. The molecule has 4 heterocycles. The van der Waals surface area contributed by atoms with Gasteiger partial charge in [0.25, 0.3) is 5.91 Å². The summed E-state index contributed by atoms with van der Waals surface area (Å²) in [6, 6.07) is 1.93. The number of nitrogens with two attached hydrogens (primary N) is 1. The van der Waals surface area contributed by atoms with Crippen LogP contribution in [0.3, 0.4) is 0 Å². The SMILES string of the molecule is Nc1nn(-c2nc(C(=O)Nc3cnccc3N3CCNCC3)cs2)c2c1C=CCC2. The zero-order valence-corrected chi connectivity index (χ0v) is 17.2. The number of nitrogens with one attached hydrogen (secondary N) is 2. The Bertz CT molecular complexity index is 1110. The van der Waals surface area contributed by atoms with E-state index in [4.69, 9.17) is 5.73 Å². The molecule has 0 spiro atoms. The largest absolute Gasteiger partial charge is 0.382 e. The average Bonchev–Trinajstić information content (AvgIpc) is 3.40. The van der Waals surface area contributed by atoms with E-state index in [-0.39, 0.29) is 5.91 Å². The van der Waals surface area contributed by atoms with Crippen molar-refractivity contribution in [1.82, 2.24) is 25.1 Å². The Morgan fingerprint density at radius 3 is 3.03 bits per heavy atom. The van der Waals surface area contributed by atoms with Crippen molar-refractivity contribution in [1.29, 1.82) is 0 Å². The summed E-state index contributed by atoms with van der Waals surface area (Å²) < 4.78 is 1.76. The molecule has 10 heteroatoms. The van der Waals surface area contributed by atoms with E-state index >= 15 is 0 Å². The molecule has 3 aromatic heterocycles. The van der Waals surface area contributed by atoms with Crippen LogP contribution in [0.25, 0.3) is 11.2 Å². The highest BCUT2D eigenvalue weighted by molar-refractivity contribution is 7.12. The maximum atomic E-state index is 12.9. The van der Waals surface area contributed by atoms with E-state index in [1.165, 1.54) is 11.3 Å². The van der Waals surface area contributed by atoms with Crippen LogP contribution in [-0.2, 0) is 6.42 Å². The van der Waals surface area contributed by atoms with Crippen LogP contribution in [0.2, 0.25) is 0 Å². The minimum Gasteiger partial charge on any atom is -0.382 e. The van der Waals surface area contributed by atoms with Gasteiger partial charge in [0.15, 0.2) is 5.82 Å². The Hall–Kier alpha value is -3.24. The number of fused-ring (bicyclic) bond motifs is 1. The smallest absolute Gasteiger partial charge is 0.275 e. The van der Waals surface area contributed by atoms with Crippen molar-refractivity contribution in [3.05, 3.63) is 46.9 Å². The normalized spacial score (nSPS) is 15.8. The first-order valence-corrected chi connectivity index (χ1v) is 10.8. The molecule has 0 atom stereocenters. The van der Waals surface area contributed by atoms with E-state index in [2.05, 4.69) is 36.7 Å². The van der Waals surface area contributed by atoms with Crippen molar-refractivity contribution in [3.8, 4) is 5.13 Å². The van der Waals surface area contributed by atoms with E-state index in [0.717, 1.165) is 56.0 Å². The van der Waals surface area contributed by atoms with Crippen LogP contribution < -0.4 is 21.3 Å². The van der Waals surface area contributed by atoms with Crippen LogP contribution in [-0.4, -0.2) is 51.8 Å². The number of thiazole rings is 1. The number of hydrogen-bond acceptors (Lipinski definition) is 8. The van der Waals surface area contributed by atoms with Crippen molar-refractivity contribution in [2.75, 3.05) is 42.1 Å². The lowest BCUT2D eigenvalue weighted by molar-refractivity contribution is 0.102. The zero-order chi connectivity index (χ0) is 20.5. The van der Waals surface area contributed by atoms with Crippen molar-refractivity contribution < 1.29 is 4.79 Å². The second kappa shape index (κ2) is 7.88. The molecule has 1 amide bonds. The number of anilines is 3. The van der Waals surface area contributed by atoms with Crippen LogP contribution >= 0.6 is 11.3 Å². The van der Waals surface area contributed by atoms with E-state index < -0.39 is 0 Å². The number of amides is 1. The quantitative estimate of drug-likeness (QED) is 0.589. The Balaban J connectivity index is 1.38. The first-order chi connectivity index (χ1) is 14.7. The molecule has 0 aromatic carbocycles. The van der Waals surface area contributed by atoms with Crippen LogP contribution in [0.4, 0.5) is 17.2 Å². The van der Waals surface area contributed by atoms with Gasteiger partial charge in [0.05, 0.1) is 23.3 Å². The van der Waals surface area contributed by atoms with Crippen molar-refractivity contribution in [2.45, 2.75) is 12.8 Å². The fourth-order valence-corrected chi connectivity index (χ4v) is 4.58.